The van der Waals surface area contributed by atoms with E-state index in [1.165, 1.54) is 11.5 Å². The predicted molar refractivity (Wildman–Crippen MR) is 79.7 cm³/mol. The van der Waals surface area contributed by atoms with Gasteiger partial charge in [-0.3, -0.25) is 9.69 Å². The van der Waals surface area contributed by atoms with Gasteiger partial charge in [0.1, 0.15) is 5.01 Å². The zero-order chi connectivity index (χ0) is 13.2. The second-order valence-electron chi connectivity index (χ2n) is 4.52. The molecule has 1 aromatic heterocycles. The number of carbonyl (C=O) groups excluding carboxylic acids is 1. The highest BCUT2D eigenvalue weighted by Crippen LogP contribution is 2.28. The minimum atomic E-state index is 0.0939. The van der Waals surface area contributed by atoms with E-state index in [1.54, 1.807) is 4.90 Å². The Balaban J connectivity index is 1.84. The van der Waals surface area contributed by atoms with Crippen molar-refractivity contribution >= 4 is 36.0 Å². The highest BCUT2D eigenvalue weighted by atomic mass is 32.1. The van der Waals surface area contributed by atoms with Crippen LogP contribution in [0.3, 0.4) is 0 Å². The van der Waals surface area contributed by atoms with E-state index in [-0.39, 0.29) is 5.91 Å². The third kappa shape index (κ3) is 2.50. The number of aromatic nitrogens is 2. The Hall–Kier alpha value is -1.40. The summed E-state index contributed by atoms with van der Waals surface area (Å²) in [6.07, 6.45) is 0.545. The Morgan fingerprint density at radius 1 is 1.37 bits per heavy atom. The van der Waals surface area contributed by atoms with Crippen LogP contribution in [0.1, 0.15) is 6.42 Å². The molecule has 1 atom stereocenters. The first-order valence-electron chi connectivity index (χ1n) is 6.08. The van der Waals surface area contributed by atoms with Crippen LogP contribution in [0.4, 0.5) is 5.95 Å². The summed E-state index contributed by atoms with van der Waals surface area (Å²) in [5, 5.41) is 0.845. The number of thiol groups is 1. The zero-order valence-corrected chi connectivity index (χ0v) is 11.9. The number of amides is 1. The monoisotopic (exact) mass is 291 g/mol. The molecular weight excluding hydrogens is 278 g/mol. The van der Waals surface area contributed by atoms with Crippen molar-refractivity contribution in [3.8, 4) is 10.6 Å². The number of benzene rings is 1. The van der Waals surface area contributed by atoms with Crippen molar-refractivity contribution in [2.75, 3.05) is 17.2 Å². The van der Waals surface area contributed by atoms with Crippen LogP contribution in [-0.2, 0) is 4.79 Å². The average Bonchev–Trinajstić information content (AvgIpc) is 3.06. The second-order valence-corrected chi connectivity index (χ2v) is 5.64. The number of hydrogen-bond acceptors (Lipinski definition) is 5. The van der Waals surface area contributed by atoms with Gasteiger partial charge >= 0.3 is 0 Å². The molecule has 0 aliphatic carbocycles. The molecule has 1 amide bonds. The lowest BCUT2D eigenvalue weighted by molar-refractivity contribution is -0.117. The summed E-state index contributed by atoms with van der Waals surface area (Å²) >= 11 is 5.58. The number of hydrogen-bond donors (Lipinski definition) is 1. The molecule has 1 aliphatic rings. The Bertz CT molecular complexity index is 585. The SMILES string of the molecule is O=C1CC(CS)CN1c1nsc(-c2ccccc2)n1. The van der Waals surface area contributed by atoms with Crippen LogP contribution >= 0.6 is 24.2 Å². The van der Waals surface area contributed by atoms with Crippen molar-refractivity contribution in [2.45, 2.75) is 6.42 Å². The maximum Gasteiger partial charge on any atom is 0.244 e. The molecule has 19 heavy (non-hydrogen) atoms. The lowest BCUT2D eigenvalue weighted by Crippen LogP contribution is -2.25. The van der Waals surface area contributed by atoms with Crippen molar-refractivity contribution in [3.05, 3.63) is 30.3 Å². The highest BCUT2D eigenvalue weighted by molar-refractivity contribution is 7.80. The van der Waals surface area contributed by atoms with Gasteiger partial charge in [-0.1, -0.05) is 30.3 Å². The molecule has 1 unspecified atom stereocenters. The zero-order valence-electron chi connectivity index (χ0n) is 10.2. The van der Waals surface area contributed by atoms with Crippen molar-refractivity contribution in [2.24, 2.45) is 5.92 Å². The third-order valence-electron chi connectivity index (χ3n) is 3.14. The number of nitrogens with zero attached hydrogens (tertiary/aromatic N) is 3. The summed E-state index contributed by atoms with van der Waals surface area (Å²) < 4.78 is 4.30. The van der Waals surface area contributed by atoms with Gasteiger partial charge in [0.25, 0.3) is 0 Å². The molecule has 1 saturated heterocycles. The summed E-state index contributed by atoms with van der Waals surface area (Å²) in [6, 6.07) is 9.88. The van der Waals surface area contributed by atoms with Crippen LogP contribution in [0.5, 0.6) is 0 Å². The summed E-state index contributed by atoms with van der Waals surface area (Å²) in [7, 11) is 0. The fourth-order valence-electron chi connectivity index (χ4n) is 2.12. The van der Waals surface area contributed by atoms with Crippen LogP contribution in [0.15, 0.2) is 30.3 Å². The maximum absolute atomic E-state index is 11.9. The summed E-state index contributed by atoms with van der Waals surface area (Å²) in [6.45, 7) is 0.674. The summed E-state index contributed by atoms with van der Waals surface area (Å²) in [5.41, 5.74) is 1.03. The van der Waals surface area contributed by atoms with E-state index in [9.17, 15) is 4.79 Å². The van der Waals surface area contributed by atoms with Crippen LogP contribution in [0.25, 0.3) is 10.6 Å². The first-order valence-corrected chi connectivity index (χ1v) is 7.49. The topological polar surface area (TPSA) is 46.1 Å². The molecule has 98 valence electrons. The standard InChI is InChI=1S/C13H13N3OS2/c17-11-6-9(8-18)7-16(11)13-14-12(19-15-13)10-4-2-1-3-5-10/h1-5,9,18H,6-8H2. The molecule has 0 bridgehead atoms. The summed E-state index contributed by atoms with van der Waals surface area (Å²) in [4.78, 5) is 18.0. The van der Waals surface area contributed by atoms with Crippen LogP contribution in [0.2, 0.25) is 0 Å². The van der Waals surface area contributed by atoms with E-state index in [0.717, 1.165) is 16.3 Å². The van der Waals surface area contributed by atoms with Gasteiger partial charge in [0.15, 0.2) is 0 Å². The maximum atomic E-state index is 11.9. The third-order valence-corrected chi connectivity index (χ3v) is 4.41. The molecule has 0 radical (unpaired) electrons. The van der Waals surface area contributed by atoms with E-state index in [1.807, 2.05) is 30.3 Å². The number of rotatable bonds is 3. The first kappa shape index (κ1) is 12.6. The molecule has 0 N–H and O–H groups in total. The fraction of sp³-hybridized carbons (Fsp3) is 0.308. The van der Waals surface area contributed by atoms with Crippen LogP contribution < -0.4 is 4.90 Å². The molecule has 1 fully saturated rings. The van der Waals surface area contributed by atoms with E-state index < -0.39 is 0 Å². The minimum absolute atomic E-state index is 0.0939. The Kier molecular flexibility index (Phi) is 3.52. The Labute approximate surface area is 121 Å². The quantitative estimate of drug-likeness (QED) is 0.884. The Morgan fingerprint density at radius 3 is 2.84 bits per heavy atom. The normalized spacial score (nSPS) is 19.1. The van der Waals surface area contributed by atoms with Crippen molar-refractivity contribution in [3.63, 3.8) is 0 Å². The highest BCUT2D eigenvalue weighted by Gasteiger charge is 2.32. The van der Waals surface area contributed by atoms with Gasteiger partial charge in [0, 0.05) is 18.5 Å². The second kappa shape index (κ2) is 5.30. The van der Waals surface area contributed by atoms with Gasteiger partial charge < -0.3 is 0 Å². The molecule has 0 saturated carbocycles. The molecule has 1 aromatic carbocycles. The van der Waals surface area contributed by atoms with Crippen LogP contribution in [-0.4, -0.2) is 27.6 Å². The largest absolute Gasteiger partial charge is 0.280 e. The van der Waals surface area contributed by atoms with E-state index in [0.29, 0.717) is 24.8 Å². The van der Waals surface area contributed by atoms with Gasteiger partial charge in [-0.2, -0.15) is 22.0 Å². The van der Waals surface area contributed by atoms with Gasteiger partial charge in [-0.25, -0.2) is 0 Å². The predicted octanol–water partition coefficient (Wildman–Crippen LogP) is 2.49. The first-order chi connectivity index (χ1) is 9.28. The molecule has 0 spiro atoms. The molecule has 3 rings (SSSR count). The minimum Gasteiger partial charge on any atom is -0.280 e. The molecule has 6 heteroatoms. The van der Waals surface area contributed by atoms with Gasteiger partial charge in [-0.15, -0.1) is 0 Å². The molecule has 4 nitrogen and oxygen atoms in total. The van der Waals surface area contributed by atoms with E-state index >= 15 is 0 Å². The lowest BCUT2D eigenvalue weighted by Gasteiger charge is -2.10. The Morgan fingerprint density at radius 2 is 2.16 bits per heavy atom. The van der Waals surface area contributed by atoms with Crippen LogP contribution in [0, 0.1) is 5.92 Å². The van der Waals surface area contributed by atoms with E-state index in [4.69, 9.17) is 0 Å². The van der Waals surface area contributed by atoms with Gasteiger partial charge in [0.05, 0.1) is 0 Å². The summed E-state index contributed by atoms with van der Waals surface area (Å²) in [5.74, 6) is 1.65. The molecule has 2 heterocycles. The van der Waals surface area contributed by atoms with Gasteiger partial charge in [-0.05, 0) is 23.2 Å². The molecule has 2 aromatic rings. The van der Waals surface area contributed by atoms with Crippen molar-refractivity contribution in [1.82, 2.24) is 9.36 Å². The molecule has 1 aliphatic heterocycles. The van der Waals surface area contributed by atoms with E-state index in [2.05, 4.69) is 22.0 Å². The van der Waals surface area contributed by atoms with Gasteiger partial charge in [0.2, 0.25) is 11.9 Å². The van der Waals surface area contributed by atoms with Crippen molar-refractivity contribution in [1.29, 1.82) is 0 Å². The smallest absolute Gasteiger partial charge is 0.244 e. The van der Waals surface area contributed by atoms with Crippen molar-refractivity contribution < 1.29 is 4.79 Å². The fourth-order valence-corrected chi connectivity index (χ4v) is 3.04. The number of anilines is 1. The number of carbonyl (C=O) groups is 1. The molecular formula is C13H13N3OS2. The lowest BCUT2D eigenvalue weighted by atomic mass is 10.1. The average molecular weight is 291 g/mol.